The average Bonchev–Trinajstić information content (AvgIpc) is 2.74. The number of carbonyl (C=O) groups is 2. The van der Waals surface area contributed by atoms with Gasteiger partial charge in [0.2, 0.25) is 0 Å². The van der Waals surface area contributed by atoms with Crippen LogP contribution in [0.3, 0.4) is 0 Å². The zero-order valence-electron chi connectivity index (χ0n) is 18.3. The molecule has 3 rings (SSSR count). The number of hydrogen-bond acceptors (Lipinski definition) is 3. The number of esters is 1. The molecule has 7 heteroatoms. The fraction of sp³-hybridized carbons (Fsp3) is 0.154. The summed E-state index contributed by atoms with van der Waals surface area (Å²) in [5.41, 5.74) is 3.59. The van der Waals surface area contributed by atoms with Crippen molar-refractivity contribution in [3.05, 3.63) is 100 Å². The van der Waals surface area contributed by atoms with Crippen LogP contribution in [-0.4, -0.2) is 18.1 Å². The second kappa shape index (κ2) is 9.73. The van der Waals surface area contributed by atoms with Crippen molar-refractivity contribution in [3.8, 4) is 5.75 Å². The molecule has 0 aliphatic rings. The molecule has 3 aromatic rings. The van der Waals surface area contributed by atoms with Crippen LogP contribution in [0.25, 0.3) is 6.08 Å². The number of nitrogens with one attached hydrogen (secondary N) is 1. The molecular formula is C26H22F3NO3. The molecule has 0 saturated carbocycles. The highest BCUT2D eigenvalue weighted by molar-refractivity contribution is 6.05. The van der Waals surface area contributed by atoms with Gasteiger partial charge in [-0.15, -0.1) is 0 Å². The van der Waals surface area contributed by atoms with Crippen molar-refractivity contribution in [1.29, 1.82) is 0 Å². The molecule has 0 unspecified atom stereocenters. The lowest BCUT2D eigenvalue weighted by molar-refractivity contribution is -0.0790. The fourth-order valence-electron chi connectivity index (χ4n) is 3.33. The average molecular weight is 453 g/mol. The van der Waals surface area contributed by atoms with Crippen molar-refractivity contribution in [2.24, 2.45) is 0 Å². The Morgan fingerprint density at radius 1 is 0.879 bits per heavy atom. The van der Waals surface area contributed by atoms with E-state index in [4.69, 9.17) is 4.74 Å². The van der Waals surface area contributed by atoms with Gasteiger partial charge in [0.05, 0.1) is 5.56 Å². The van der Waals surface area contributed by atoms with E-state index in [1.165, 1.54) is 6.07 Å². The van der Waals surface area contributed by atoms with E-state index in [-0.39, 0.29) is 17.4 Å². The van der Waals surface area contributed by atoms with Crippen LogP contribution >= 0.6 is 0 Å². The normalized spacial score (nSPS) is 11.5. The molecule has 0 heterocycles. The van der Waals surface area contributed by atoms with Crippen molar-refractivity contribution < 1.29 is 27.5 Å². The number of rotatable bonds is 5. The maximum Gasteiger partial charge on any atom is 0.409 e. The third-order valence-electron chi connectivity index (χ3n) is 4.93. The van der Waals surface area contributed by atoms with Crippen molar-refractivity contribution in [1.82, 2.24) is 0 Å². The molecule has 4 nitrogen and oxygen atoms in total. The molecule has 0 aromatic heterocycles. The van der Waals surface area contributed by atoms with Gasteiger partial charge in [0, 0.05) is 17.3 Å². The van der Waals surface area contributed by atoms with E-state index in [9.17, 15) is 22.8 Å². The number of aryl methyl sites for hydroxylation is 3. The fourth-order valence-corrected chi connectivity index (χ4v) is 3.33. The molecule has 0 atom stereocenters. The summed E-state index contributed by atoms with van der Waals surface area (Å²) >= 11 is 0. The first-order valence-corrected chi connectivity index (χ1v) is 10.1. The zero-order valence-corrected chi connectivity index (χ0v) is 18.3. The maximum atomic E-state index is 12.8. The minimum atomic E-state index is -4.40. The molecule has 170 valence electrons. The lowest BCUT2D eigenvalue weighted by Gasteiger charge is -2.14. The largest absolute Gasteiger partial charge is 0.423 e. The summed E-state index contributed by atoms with van der Waals surface area (Å²) in [5, 5.41) is 2.79. The van der Waals surface area contributed by atoms with Gasteiger partial charge in [-0.1, -0.05) is 30.3 Å². The number of halogens is 3. The van der Waals surface area contributed by atoms with E-state index in [2.05, 4.69) is 5.32 Å². The van der Waals surface area contributed by atoms with E-state index in [0.29, 0.717) is 27.9 Å². The Labute approximate surface area is 189 Å². The highest BCUT2D eigenvalue weighted by atomic mass is 19.4. The van der Waals surface area contributed by atoms with Gasteiger partial charge >= 0.3 is 12.1 Å². The number of hydrogen-bond donors (Lipinski definition) is 1. The molecule has 1 N–H and O–H groups in total. The highest BCUT2D eigenvalue weighted by Gasteiger charge is 2.22. The minimum Gasteiger partial charge on any atom is -0.423 e. The number of allylic oxidation sites excluding steroid dienone is 1. The van der Waals surface area contributed by atoms with Crippen molar-refractivity contribution in [2.75, 3.05) is 5.32 Å². The number of carbonyl (C=O) groups excluding carboxylic acids is 2. The van der Waals surface area contributed by atoms with Gasteiger partial charge < -0.3 is 10.1 Å². The van der Waals surface area contributed by atoms with Gasteiger partial charge in [0.15, 0.2) is 0 Å². The van der Waals surface area contributed by atoms with Crippen LogP contribution in [-0.2, 0) is 0 Å². The first kappa shape index (κ1) is 23.8. The number of alkyl halides is 3. The Hall–Kier alpha value is -3.87. The Morgan fingerprint density at radius 3 is 2.18 bits per heavy atom. The van der Waals surface area contributed by atoms with Crippen LogP contribution in [0, 0.1) is 20.8 Å². The smallest absolute Gasteiger partial charge is 0.409 e. The first-order valence-electron chi connectivity index (χ1n) is 10.1. The standard InChI is InChI=1S/C26H22F3NO3/c1-16-7-4-5-10-22(16)25(32)33-21-9-6-8-20(15-21)24(31)30-23-17(2)13-19(14-18(23)3)11-12-26(27,28)29/h4-15H,1-3H3,(H,30,31). The van der Waals surface area contributed by atoms with Gasteiger partial charge in [0.25, 0.3) is 5.91 Å². The SMILES string of the molecule is Cc1ccccc1C(=O)Oc1cccc(C(=O)Nc2c(C)cc(C=CC(F)(F)F)cc2C)c1. The summed E-state index contributed by atoms with van der Waals surface area (Å²) in [5.74, 6) is -0.745. The van der Waals surface area contributed by atoms with Crippen LogP contribution < -0.4 is 10.1 Å². The quantitative estimate of drug-likeness (QED) is 0.347. The van der Waals surface area contributed by atoms with Crippen LogP contribution in [0.2, 0.25) is 0 Å². The zero-order chi connectivity index (χ0) is 24.2. The van der Waals surface area contributed by atoms with E-state index < -0.39 is 18.1 Å². The molecule has 0 saturated heterocycles. The van der Waals surface area contributed by atoms with Gasteiger partial charge in [-0.05, 0) is 79.4 Å². The van der Waals surface area contributed by atoms with Crippen LogP contribution in [0.1, 0.15) is 43.0 Å². The number of benzene rings is 3. The monoisotopic (exact) mass is 453 g/mol. The van der Waals surface area contributed by atoms with Gasteiger partial charge in [0.1, 0.15) is 5.75 Å². The maximum absolute atomic E-state index is 12.8. The molecular weight excluding hydrogens is 431 g/mol. The second-order valence-corrected chi connectivity index (χ2v) is 7.59. The topological polar surface area (TPSA) is 55.4 Å². The number of anilines is 1. The third-order valence-corrected chi connectivity index (χ3v) is 4.93. The molecule has 33 heavy (non-hydrogen) atoms. The summed E-state index contributed by atoms with van der Waals surface area (Å²) in [7, 11) is 0. The number of ether oxygens (including phenoxy) is 1. The summed E-state index contributed by atoms with van der Waals surface area (Å²) in [6.07, 6.45) is -3.25. The summed E-state index contributed by atoms with van der Waals surface area (Å²) in [4.78, 5) is 25.3. The van der Waals surface area contributed by atoms with Crippen molar-refractivity contribution >= 4 is 23.6 Å². The minimum absolute atomic E-state index is 0.170. The van der Waals surface area contributed by atoms with Crippen LogP contribution in [0.15, 0.2) is 66.7 Å². The Balaban J connectivity index is 1.77. The van der Waals surface area contributed by atoms with Crippen LogP contribution in [0.4, 0.5) is 18.9 Å². The van der Waals surface area contributed by atoms with Crippen LogP contribution in [0.5, 0.6) is 5.75 Å². The Kier molecular flexibility index (Phi) is 7.01. The van der Waals surface area contributed by atoms with E-state index >= 15 is 0 Å². The second-order valence-electron chi connectivity index (χ2n) is 7.59. The predicted molar refractivity (Wildman–Crippen MR) is 122 cm³/mol. The molecule has 0 fully saturated rings. The molecule has 0 aliphatic heterocycles. The molecule has 0 aliphatic carbocycles. The summed E-state index contributed by atoms with van der Waals surface area (Å²) in [6, 6.07) is 16.3. The summed E-state index contributed by atoms with van der Waals surface area (Å²) in [6.45, 7) is 5.21. The Morgan fingerprint density at radius 2 is 1.55 bits per heavy atom. The molecule has 0 radical (unpaired) electrons. The Bertz CT molecular complexity index is 1210. The van der Waals surface area contributed by atoms with Gasteiger partial charge in [-0.3, -0.25) is 4.79 Å². The molecule has 0 spiro atoms. The molecule has 3 aromatic carbocycles. The van der Waals surface area contributed by atoms with E-state index in [1.54, 1.807) is 69.3 Å². The molecule has 1 amide bonds. The molecule has 0 bridgehead atoms. The lowest BCUT2D eigenvalue weighted by Crippen LogP contribution is -2.15. The van der Waals surface area contributed by atoms with Gasteiger partial charge in [-0.2, -0.15) is 13.2 Å². The predicted octanol–water partition coefficient (Wildman–Crippen LogP) is 6.66. The van der Waals surface area contributed by atoms with Gasteiger partial charge in [-0.25, -0.2) is 4.79 Å². The van der Waals surface area contributed by atoms with E-state index in [1.807, 2.05) is 6.07 Å². The third kappa shape index (κ3) is 6.32. The number of amides is 1. The van der Waals surface area contributed by atoms with Crippen molar-refractivity contribution in [2.45, 2.75) is 26.9 Å². The highest BCUT2D eigenvalue weighted by Crippen LogP contribution is 2.26. The van der Waals surface area contributed by atoms with E-state index in [0.717, 1.165) is 11.6 Å². The lowest BCUT2D eigenvalue weighted by atomic mass is 10.0. The first-order chi connectivity index (χ1) is 15.5. The summed E-state index contributed by atoms with van der Waals surface area (Å²) < 4.78 is 42.7. The van der Waals surface area contributed by atoms with Crippen molar-refractivity contribution in [3.63, 3.8) is 0 Å².